The standard InChI is InChI=1S/C33H38F3N5O5S/c1-4-5-18-47(43,44)39(3)26-9-13-31(37-21-26)46-28-12-8-25-19-30(38(2)29(25)20-28)32(42)41-16-14-40(15-17-41)22-24-6-10-27(11-7-24)45-23-33(34,35)36/h6-13,19-21H,4-5,14-18,22-23H2,1-3H3. The van der Waals surface area contributed by atoms with E-state index in [9.17, 15) is 26.4 Å². The van der Waals surface area contributed by atoms with Crippen LogP contribution in [0.5, 0.6) is 17.4 Å². The number of nitrogens with zero attached hydrogens (tertiary/aromatic N) is 5. The van der Waals surface area contributed by atoms with Gasteiger partial charge in [0.05, 0.1) is 23.2 Å². The Hall–Kier alpha value is -4.30. The highest BCUT2D eigenvalue weighted by atomic mass is 32.2. The molecule has 0 bridgehead atoms. The third kappa shape index (κ3) is 8.55. The molecule has 0 spiro atoms. The Morgan fingerprint density at radius 3 is 2.32 bits per heavy atom. The number of sulfonamides is 1. The molecule has 0 aliphatic carbocycles. The third-order valence-corrected chi connectivity index (χ3v) is 9.96. The molecular weight excluding hydrogens is 635 g/mol. The number of halogens is 3. The Balaban J connectivity index is 1.17. The summed E-state index contributed by atoms with van der Waals surface area (Å²) in [5.41, 5.74) is 2.76. The van der Waals surface area contributed by atoms with Crippen LogP contribution in [0.4, 0.5) is 18.9 Å². The van der Waals surface area contributed by atoms with Gasteiger partial charge in [-0.15, -0.1) is 0 Å². The number of fused-ring (bicyclic) bond motifs is 1. The number of piperazine rings is 1. The summed E-state index contributed by atoms with van der Waals surface area (Å²) in [6.45, 7) is 3.63. The average molecular weight is 674 g/mol. The highest BCUT2D eigenvalue weighted by molar-refractivity contribution is 7.92. The molecule has 0 N–H and O–H groups in total. The monoisotopic (exact) mass is 673 g/mol. The predicted molar refractivity (Wildman–Crippen MR) is 174 cm³/mol. The number of alkyl halides is 3. The molecule has 2 aromatic heterocycles. The first kappa shape index (κ1) is 34.0. The number of anilines is 1. The molecule has 3 heterocycles. The molecule has 1 aliphatic rings. The van der Waals surface area contributed by atoms with Gasteiger partial charge >= 0.3 is 6.18 Å². The SMILES string of the molecule is CCCCS(=O)(=O)N(C)c1ccc(Oc2ccc3cc(C(=O)N4CCN(Cc5ccc(OCC(F)(F)F)cc5)CC4)n(C)c3c2)nc1. The van der Waals surface area contributed by atoms with Crippen molar-refractivity contribution in [1.82, 2.24) is 19.4 Å². The van der Waals surface area contributed by atoms with E-state index in [0.717, 1.165) is 22.9 Å². The van der Waals surface area contributed by atoms with Crippen LogP contribution in [0, 0.1) is 0 Å². The van der Waals surface area contributed by atoms with Gasteiger partial charge < -0.3 is 18.9 Å². The summed E-state index contributed by atoms with van der Waals surface area (Å²) in [5, 5.41) is 0.881. The number of benzene rings is 2. The van der Waals surface area contributed by atoms with Crippen LogP contribution < -0.4 is 13.8 Å². The molecule has 5 rings (SSSR count). The fraction of sp³-hybridized carbons (Fsp3) is 0.394. The summed E-state index contributed by atoms with van der Waals surface area (Å²) in [7, 11) is -0.0827. The van der Waals surface area contributed by atoms with E-state index in [2.05, 4.69) is 9.88 Å². The highest BCUT2D eigenvalue weighted by Gasteiger charge is 2.28. The molecule has 2 aromatic carbocycles. The number of hydrogen-bond acceptors (Lipinski definition) is 7. The molecule has 0 atom stereocenters. The van der Waals surface area contributed by atoms with E-state index in [1.807, 2.05) is 41.6 Å². The normalized spacial score (nSPS) is 14.4. The van der Waals surface area contributed by atoms with Crippen LogP contribution in [-0.2, 0) is 23.6 Å². The van der Waals surface area contributed by atoms with Gasteiger partial charge in [-0.2, -0.15) is 13.2 Å². The number of pyridine rings is 1. The van der Waals surface area contributed by atoms with E-state index < -0.39 is 22.8 Å². The quantitative estimate of drug-likeness (QED) is 0.187. The van der Waals surface area contributed by atoms with Gasteiger partial charge in [0.2, 0.25) is 15.9 Å². The molecule has 0 radical (unpaired) electrons. The van der Waals surface area contributed by atoms with E-state index in [4.69, 9.17) is 9.47 Å². The Labute approximate surface area is 272 Å². The average Bonchev–Trinajstić information content (AvgIpc) is 3.38. The second-order valence-electron chi connectivity index (χ2n) is 11.5. The molecule has 1 aliphatic heterocycles. The van der Waals surface area contributed by atoms with E-state index in [-0.39, 0.29) is 17.4 Å². The number of aryl methyl sites for hydroxylation is 1. The zero-order chi connectivity index (χ0) is 33.8. The topological polar surface area (TPSA) is 97.2 Å². The van der Waals surface area contributed by atoms with Gasteiger partial charge in [0.15, 0.2) is 6.61 Å². The van der Waals surface area contributed by atoms with Crippen LogP contribution in [0.15, 0.2) is 66.9 Å². The van der Waals surface area contributed by atoms with Gasteiger partial charge in [0, 0.05) is 64.3 Å². The number of unbranched alkanes of at least 4 members (excludes halogenated alkanes) is 1. The first-order valence-corrected chi connectivity index (χ1v) is 16.9. The lowest BCUT2D eigenvalue weighted by Gasteiger charge is -2.34. The van der Waals surface area contributed by atoms with E-state index in [1.54, 1.807) is 30.3 Å². The van der Waals surface area contributed by atoms with Crippen molar-refractivity contribution >= 4 is 32.5 Å². The first-order valence-electron chi connectivity index (χ1n) is 15.3. The first-order chi connectivity index (χ1) is 22.3. The zero-order valence-electron chi connectivity index (χ0n) is 26.5. The van der Waals surface area contributed by atoms with Gasteiger partial charge in [-0.05, 0) is 48.4 Å². The van der Waals surface area contributed by atoms with Crippen molar-refractivity contribution in [3.05, 3.63) is 78.1 Å². The molecule has 1 fully saturated rings. The molecule has 1 amide bonds. The molecule has 0 unspecified atom stereocenters. The van der Waals surface area contributed by atoms with Crippen molar-refractivity contribution in [2.75, 3.05) is 49.9 Å². The number of carbonyl (C=O) groups is 1. The van der Waals surface area contributed by atoms with Crippen LogP contribution in [0.1, 0.15) is 35.8 Å². The van der Waals surface area contributed by atoms with Gasteiger partial charge in [-0.3, -0.25) is 14.0 Å². The van der Waals surface area contributed by atoms with Crippen LogP contribution in [0.2, 0.25) is 0 Å². The summed E-state index contributed by atoms with van der Waals surface area (Å²) in [5.74, 6) is 0.994. The van der Waals surface area contributed by atoms with Crippen molar-refractivity contribution in [3.63, 3.8) is 0 Å². The summed E-state index contributed by atoms with van der Waals surface area (Å²) in [4.78, 5) is 21.8. The highest BCUT2D eigenvalue weighted by Crippen LogP contribution is 2.29. The third-order valence-electron chi connectivity index (χ3n) is 8.11. The van der Waals surface area contributed by atoms with Crippen LogP contribution in [0.25, 0.3) is 10.9 Å². The van der Waals surface area contributed by atoms with Crippen LogP contribution in [0.3, 0.4) is 0 Å². The zero-order valence-corrected chi connectivity index (χ0v) is 27.4. The largest absolute Gasteiger partial charge is 0.484 e. The summed E-state index contributed by atoms with van der Waals surface area (Å²) >= 11 is 0. The smallest absolute Gasteiger partial charge is 0.422 e. The van der Waals surface area contributed by atoms with Gasteiger partial charge in [-0.25, -0.2) is 13.4 Å². The second kappa shape index (κ2) is 14.2. The Bertz CT molecular complexity index is 1790. The molecule has 4 aromatic rings. The molecule has 14 heteroatoms. The molecule has 1 saturated heterocycles. The number of ether oxygens (including phenoxy) is 2. The number of rotatable bonds is 12. The van der Waals surface area contributed by atoms with E-state index >= 15 is 0 Å². The second-order valence-corrected chi connectivity index (χ2v) is 13.6. The molecule has 0 saturated carbocycles. The predicted octanol–water partition coefficient (Wildman–Crippen LogP) is 5.83. The molecule has 252 valence electrons. The molecule has 47 heavy (non-hydrogen) atoms. The number of amides is 1. The minimum absolute atomic E-state index is 0.0719. The van der Waals surface area contributed by atoms with E-state index in [1.165, 1.54) is 29.7 Å². The summed E-state index contributed by atoms with van der Waals surface area (Å²) in [6, 6.07) is 17.2. The van der Waals surface area contributed by atoms with Crippen molar-refractivity contribution < 1.29 is 35.9 Å². The molecule has 10 nitrogen and oxygen atoms in total. The van der Waals surface area contributed by atoms with Crippen molar-refractivity contribution in [1.29, 1.82) is 0 Å². The lowest BCUT2D eigenvalue weighted by atomic mass is 10.2. The summed E-state index contributed by atoms with van der Waals surface area (Å²) in [6.07, 6.45) is -1.55. The number of hydrogen-bond donors (Lipinski definition) is 0. The maximum atomic E-state index is 13.5. The van der Waals surface area contributed by atoms with Crippen LogP contribution in [-0.4, -0.2) is 85.4 Å². The van der Waals surface area contributed by atoms with Crippen LogP contribution >= 0.6 is 0 Å². The van der Waals surface area contributed by atoms with Gasteiger partial charge in [-0.1, -0.05) is 25.5 Å². The summed E-state index contributed by atoms with van der Waals surface area (Å²) < 4.78 is 76.0. The minimum atomic E-state index is -4.38. The Morgan fingerprint density at radius 2 is 1.68 bits per heavy atom. The fourth-order valence-electron chi connectivity index (χ4n) is 5.33. The number of carbonyl (C=O) groups excluding carboxylic acids is 1. The van der Waals surface area contributed by atoms with Crippen molar-refractivity contribution in [2.24, 2.45) is 7.05 Å². The fourth-order valence-corrected chi connectivity index (χ4v) is 6.68. The lowest BCUT2D eigenvalue weighted by molar-refractivity contribution is -0.153. The van der Waals surface area contributed by atoms with Crippen molar-refractivity contribution in [2.45, 2.75) is 32.5 Å². The van der Waals surface area contributed by atoms with Gasteiger partial charge in [0.25, 0.3) is 5.91 Å². The Morgan fingerprint density at radius 1 is 0.979 bits per heavy atom. The lowest BCUT2D eigenvalue weighted by Crippen LogP contribution is -2.48. The van der Waals surface area contributed by atoms with Gasteiger partial charge in [0.1, 0.15) is 17.2 Å². The maximum Gasteiger partial charge on any atom is 0.422 e. The van der Waals surface area contributed by atoms with E-state index in [0.29, 0.717) is 62.2 Å². The molecular formula is C33H38F3N5O5S. The maximum absolute atomic E-state index is 13.5. The number of aromatic nitrogens is 2. The minimum Gasteiger partial charge on any atom is -0.484 e. The Kier molecular flexibility index (Phi) is 10.3. The van der Waals surface area contributed by atoms with Crippen molar-refractivity contribution in [3.8, 4) is 17.4 Å².